The van der Waals surface area contributed by atoms with Gasteiger partial charge in [-0.2, -0.15) is 17.7 Å². The Hall–Kier alpha value is -3.17. The fourth-order valence-corrected chi connectivity index (χ4v) is 3.46. The second-order valence-electron chi connectivity index (χ2n) is 7.16. The summed E-state index contributed by atoms with van der Waals surface area (Å²) in [7, 11) is 0. The van der Waals surface area contributed by atoms with Crippen molar-refractivity contribution in [3.8, 4) is 5.75 Å². The third-order valence-corrected chi connectivity index (χ3v) is 5.20. The van der Waals surface area contributed by atoms with E-state index in [0.29, 0.717) is 42.0 Å². The minimum absolute atomic E-state index is 0.0265. The molecule has 10 heteroatoms. The number of aryl methyl sites for hydroxylation is 1. The average molecular weight is 419 g/mol. The maximum absolute atomic E-state index is 13.1. The number of anilines is 1. The highest BCUT2D eigenvalue weighted by Gasteiger charge is 2.38. The van der Waals surface area contributed by atoms with Crippen molar-refractivity contribution in [3.63, 3.8) is 0 Å². The molecule has 0 aliphatic carbocycles. The summed E-state index contributed by atoms with van der Waals surface area (Å²) in [5, 5.41) is 10.8. The number of ether oxygens (including phenoxy) is 1. The lowest BCUT2D eigenvalue weighted by atomic mass is 9.97. The lowest BCUT2D eigenvalue weighted by molar-refractivity contribution is -0.146. The minimum atomic E-state index is -4.64. The number of alkyl halides is 3. The van der Waals surface area contributed by atoms with E-state index in [-0.39, 0.29) is 17.5 Å². The third kappa shape index (κ3) is 4.07. The Morgan fingerprint density at radius 2 is 1.80 bits per heavy atom. The number of esters is 1. The van der Waals surface area contributed by atoms with Gasteiger partial charge in [0.05, 0.1) is 5.92 Å². The zero-order chi connectivity index (χ0) is 21.3. The molecule has 0 unspecified atom stereocenters. The van der Waals surface area contributed by atoms with Gasteiger partial charge in [0.2, 0.25) is 0 Å². The monoisotopic (exact) mass is 419 g/mol. The predicted octanol–water partition coefficient (Wildman–Crippen LogP) is 3.53. The number of carbonyl (C=O) groups excluding carboxylic acids is 1. The summed E-state index contributed by atoms with van der Waals surface area (Å²) in [5.41, 5.74) is 1.19. The highest BCUT2D eigenvalue weighted by molar-refractivity contribution is 5.75. The first-order valence-corrected chi connectivity index (χ1v) is 9.70. The van der Waals surface area contributed by atoms with E-state index < -0.39 is 12.0 Å². The molecule has 3 aromatic rings. The number of benzene rings is 1. The van der Waals surface area contributed by atoms with Crippen molar-refractivity contribution in [1.29, 1.82) is 0 Å². The van der Waals surface area contributed by atoms with Crippen molar-refractivity contribution < 1.29 is 22.7 Å². The molecule has 158 valence electrons. The maximum atomic E-state index is 13.1. The standard InChI is InChI=1S/C20H20F3N5O2/c1-2-13-3-5-15(6-4-13)30-18(29)14-9-11-27(12-10-14)17-8-7-16-24-25-19(20(21,22)23)28(16)26-17/h3-8,14H,2,9-12H2,1H3. The maximum Gasteiger partial charge on any atom is 0.453 e. The Kier molecular flexibility index (Phi) is 5.31. The Balaban J connectivity index is 1.41. The van der Waals surface area contributed by atoms with E-state index in [4.69, 9.17) is 4.74 Å². The number of hydrogen-bond acceptors (Lipinski definition) is 6. The van der Waals surface area contributed by atoms with Gasteiger partial charge in [-0.05, 0) is 49.1 Å². The lowest BCUT2D eigenvalue weighted by Crippen LogP contribution is -2.38. The molecule has 0 radical (unpaired) electrons. The van der Waals surface area contributed by atoms with E-state index in [0.717, 1.165) is 12.0 Å². The first kappa shape index (κ1) is 20.1. The van der Waals surface area contributed by atoms with Crippen molar-refractivity contribution in [2.75, 3.05) is 18.0 Å². The molecule has 0 atom stereocenters. The number of piperidine rings is 1. The van der Waals surface area contributed by atoms with Crippen LogP contribution in [0, 0.1) is 5.92 Å². The van der Waals surface area contributed by atoms with E-state index in [1.807, 2.05) is 17.0 Å². The van der Waals surface area contributed by atoms with E-state index in [1.165, 1.54) is 6.07 Å². The normalized spacial score (nSPS) is 15.5. The Labute approximate surface area is 170 Å². The Morgan fingerprint density at radius 1 is 1.10 bits per heavy atom. The molecular formula is C20H20F3N5O2. The lowest BCUT2D eigenvalue weighted by Gasteiger charge is -2.31. The van der Waals surface area contributed by atoms with Crippen LogP contribution in [0.25, 0.3) is 5.65 Å². The minimum Gasteiger partial charge on any atom is -0.426 e. The molecule has 1 saturated heterocycles. The molecule has 1 fully saturated rings. The molecule has 4 rings (SSSR count). The van der Waals surface area contributed by atoms with Crippen LogP contribution in [0.3, 0.4) is 0 Å². The van der Waals surface area contributed by atoms with Crippen LogP contribution in [0.4, 0.5) is 19.0 Å². The van der Waals surface area contributed by atoms with Crippen molar-refractivity contribution in [1.82, 2.24) is 19.8 Å². The third-order valence-electron chi connectivity index (χ3n) is 5.20. The van der Waals surface area contributed by atoms with Gasteiger partial charge < -0.3 is 9.64 Å². The fourth-order valence-electron chi connectivity index (χ4n) is 3.46. The molecule has 0 bridgehead atoms. The molecule has 30 heavy (non-hydrogen) atoms. The van der Waals surface area contributed by atoms with Crippen LogP contribution in [-0.2, 0) is 17.4 Å². The molecule has 2 aromatic heterocycles. The second kappa shape index (κ2) is 7.92. The van der Waals surface area contributed by atoms with Gasteiger partial charge in [0.1, 0.15) is 11.6 Å². The number of fused-ring (bicyclic) bond motifs is 1. The molecule has 0 N–H and O–H groups in total. The number of aromatic nitrogens is 4. The van der Waals surface area contributed by atoms with Crippen LogP contribution in [0.1, 0.15) is 31.2 Å². The van der Waals surface area contributed by atoms with Crippen LogP contribution in [0.5, 0.6) is 5.75 Å². The quantitative estimate of drug-likeness (QED) is 0.476. The largest absolute Gasteiger partial charge is 0.453 e. The molecule has 0 amide bonds. The Bertz CT molecular complexity index is 1040. The summed E-state index contributed by atoms with van der Waals surface area (Å²) < 4.78 is 45.4. The fraction of sp³-hybridized carbons (Fsp3) is 0.400. The van der Waals surface area contributed by atoms with E-state index in [9.17, 15) is 18.0 Å². The first-order valence-electron chi connectivity index (χ1n) is 9.70. The molecule has 1 aromatic carbocycles. The molecule has 3 heterocycles. The molecule has 1 aliphatic heterocycles. The average Bonchev–Trinajstić information content (AvgIpc) is 3.18. The Morgan fingerprint density at radius 3 is 2.43 bits per heavy atom. The van der Waals surface area contributed by atoms with Crippen molar-refractivity contribution >= 4 is 17.4 Å². The van der Waals surface area contributed by atoms with Crippen molar-refractivity contribution in [2.24, 2.45) is 5.92 Å². The van der Waals surface area contributed by atoms with Crippen molar-refractivity contribution in [3.05, 3.63) is 47.8 Å². The van der Waals surface area contributed by atoms with Gasteiger partial charge in [0.25, 0.3) is 5.82 Å². The summed E-state index contributed by atoms with van der Waals surface area (Å²) in [6.45, 7) is 3.02. The van der Waals surface area contributed by atoms with Gasteiger partial charge in [-0.1, -0.05) is 19.1 Å². The number of nitrogens with zero attached hydrogens (tertiary/aromatic N) is 5. The van der Waals surface area contributed by atoms with Gasteiger partial charge >= 0.3 is 12.1 Å². The zero-order valence-electron chi connectivity index (χ0n) is 16.3. The topological polar surface area (TPSA) is 72.6 Å². The predicted molar refractivity (Wildman–Crippen MR) is 102 cm³/mol. The van der Waals surface area contributed by atoms with E-state index >= 15 is 0 Å². The van der Waals surface area contributed by atoms with Gasteiger partial charge in [-0.3, -0.25) is 4.79 Å². The molecule has 7 nitrogen and oxygen atoms in total. The van der Waals surface area contributed by atoms with Crippen LogP contribution in [-0.4, -0.2) is 38.9 Å². The summed E-state index contributed by atoms with van der Waals surface area (Å²) >= 11 is 0. The summed E-state index contributed by atoms with van der Waals surface area (Å²) in [5.74, 6) is -0.822. The highest BCUT2D eigenvalue weighted by Crippen LogP contribution is 2.29. The molecule has 0 saturated carbocycles. The number of hydrogen-bond donors (Lipinski definition) is 0. The van der Waals surface area contributed by atoms with E-state index in [1.54, 1.807) is 18.2 Å². The second-order valence-corrected chi connectivity index (χ2v) is 7.16. The first-order chi connectivity index (χ1) is 14.3. The summed E-state index contributed by atoms with van der Waals surface area (Å²) in [6.07, 6.45) is -2.68. The SMILES string of the molecule is CCc1ccc(OC(=O)C2CCN(c3ccc4nnc(C(F)(F)F)n4n3)CC2)cc1. The van der Waals surface area contributed by atoms with Crippen LogP contribution < -0.4 is 9.64 Å². The van der Waals surface area contributed by atoms with Crippen LogP contribution in [0.2, 0.25) is 0 Å². The molecular weight excluding hydrogens is 399 g/mol. The number of carbonyl (C=O) groups is 1. The smallest absolute Gasteiger partial charge is 0.426 e. The summed E-state index contributed by atoms with van der Waals surface area (Å²) in [6, 6.07) is 10.5. The van der Waals surface area contributed by atoms with Gasteiger partial charge in [0.15, 0.2) is 5.65 Å². The highest BCUT2D eigenvalue weighted by atomic mass is 19.4. The van der Waals surface area contributed by atoms with Crippen molar-refractivity contribution in [2.45, 2.75) is 32.4 Å². The summed E-state index contributed by atoms with van der Waals surface area (Å²) in [4.78, 5) is 14.3. The zero-order valence-corrected chi connectivity index (χ0v) is 16.3. The van der Waals surface area contributed by atoms with Crippen LogP contribution in [0.15, 0.2) is 36.4 Å². The number of rotatable bonds is 4. The van der Waals surface area contributed by atoms with E-state index in [2.05, 4.69) is 22.2 Å². The molecule has 1 aliphatic rings. The molecule has 0 spiro atoms. The van der Waals surface area contributed by atoms with Gasteiger partial charge in [-0.15, -0.1) is 15.3 Å². The van der Waals surface area contributed by atoms with Crippen LogP contribution >= 0.6 is 0 Å². The number of halogens is 3. The van der Waals surface area contributed by atoms with Gasteiger partial charge in [-0.25, -0.2) is 0 Å². The van der Waals surface area contributed by atoms with Gasteiger partial charge in [0, 0.05) is 13.1 Å².